The van der Waals surface area contributed by atoms with Crippen molar-refractivity contribution < 1.29 is 14.3 Å². The number of nitrogens with zero attached hydrogens (tertiary/aromatic N) is 1. The normalized spacial score (nSPS) is 33.8. The van der Waals surface area contributed by atoms with Gasteiger partial charge in [-0.15, -0.1) is 0 Å². The Morgan fingerprint density at radius 1 is 1.35 bits per heavy atom. The van der Waals surface area contributed by atoms with Crippen LogP contribution in [0.1, 0.15) is 46.0 Å². The summed E-state index contributed by atoms with van der Waals surface area (Å²) in [6, 6.07) is 0.577. The second-order valence-electron chi connectivity index (χ2n) is 8.02. The quantitative estimate of drug-likeness (QED) is 0.859. The van der Waals surface area contributed by atoms with E-state index in [0.717, 1.165) is 45.2 Å². The number of piperidine rings is 1. The van der Waals surface area contributed by atoms with E-state index in [1.165, 1.54) is 0 Å². The van der Waals surface area contributed by atoms with E-state index in [1.807, 2.05) is 0 Å². The minimum absolute atomic E-state index is 0.102. The predicted molar refractivity (Wildman–Crippen MR) is 89.0 cm³/mol. The summed E-state index contributed by atoms with van der Waals surface area (Å²) in [5.74, 6) is 1.11. The van der Waals surface area contributed by atoms with Gasteiger partial charge in [-0.2, -0.15) is 0 Å². The molecule has 2 saturated heterocycles. The van der Waals surface area contributed by atoms with Crippen LogP contribution >= 0.6 is 0 Å². The van der Waals surface area contributed by atoms with Crippen molar-refractivity contribution in [1.29, 1.82) is 0 Å². The van der Waals surface area contributed by atoms with Crippen molar-refractivity contribution in [2.75, 3.05) is 33.4 Å². The van der Waals surface area contributed by atoms with Crippen LogP contribution in [0.4, 0.5) is 0 Å². The largest absolute Gasteiger partial charge is 0.356 e. The fraction of sp³-hybridized carbons (Fsp3) is 0.944. The summed E-state index contributed by atoms with van der Waals surface area (Å²) in [5.41, 5.74) is 0. The van der Waals surface area contributed by atoms with Gasteiger partial charge in [-0.25, -0.2) is 0 Å². The first-order valence-corrected chi connectivity index (χ1v) is 9.25. The third-order valence-corrected chi connectivity index (χ3v) is 5.81. The van der Waals surface area contributed by atoms with Crippen LogP contribution in [0.5, 0.6) is 0 Å². The van der Waals surface area contributed by atoms with Crippen molar-refractivity contribution in [3.05, 3.63) is 0 Å². The lowest BCUT2D eigenvalue weighted by Gasteiger charge is -2.49. The second kappa shape index (κ2) is 7.08. The van der Waals surface area contributed by atoms with Gasteiger partial charge in [0.05, 0.1) is 19.1 Å². The molecule has 0 unspecified atom stereocenters. The molecule has 2 aliphatic heterocycles. The molecule has 3 fully saturated rings. The Kier molecular flexibility index (Phi) is 5.29. The Balaban J connectivity index is 1.57. The lowest BCUT2D eigenvalue weighted by atomic mass is 9.72. The smallest absolute Gasteiger partial charge is 0.224 e. The van der Waals surface area contributed by atoms with E-state index in [4.69, 9.17) is 9.47 Å². The van der Waals surface area contributed by atoms with Gasteiger partial charge in [-0.05, 0) is 38.1 Å². The van der Waals surface area contributed by atoms with Crippen LogP contribution in [0.3, 0.4) is 0 Å². The number of rotatable bonds is 4. The van der Waals surface area contributed by atoms with E-state index in [9.17, 15) is 4.79 Å². The highest BCUT2D eigenvalue weighted by Crippen LogP contribution is 2.44. The number of amides is 1. The van der Waals surface area contributed by atoms with Crippen LogP contribution in [0.2, 0.25) is 0 Å². The first kappa shape index (κ1) is 17.2. The molecule has 0 aromatic carbocycles. The van der Waals surface area contributed by atoms with E-state index in [-0.39, 0.29) is 17.6 Å². The summed E-state index contributed by atoms with van der Waals surface area (Å²) in [7, 11) is 2.17. The molecule has 5 heteroatoms. The molecule has 1 spiro atoms. The van der Waals surface area contributed by atoms with Gasteiger partial charge in [-0.3, -0.25) is 4.79 Å². The van der Waals surface area contributed by atoms with Crippen LogP contribution in [0.15, 0.2) is 0 Å². The molecule has 0 aromatic rings. The first-order chi connectivity index (χ1) is 11.0. The van der Waals surface area contributed by atoms with Gasteiger partial charge in [0.15, 0.2) is 5.79 Å². The Morgan fingerprint density at radius 3 is 2.78 bits per heavy atom. The fourth-order valence-electron chi connectivity index (χ4n) is 4.56. The zero-order chi connectivity index (χ0) is 16.4. The average Bonchev–Trinajstić information content (AvgIpc) is 2.94. The third kappa shape index (κ3) is 3.89. The number of ether oxygens (including phenoxy) is 2. The summed E-state index contributed by atoms with van der Waals surface area (Å²) in [6.07, 6.45) is 5.06. The maximum Gasteiger partial charge on any atom is 0.224 e. The molecule has 3 aliphatic rings. The number of fused-ring (bicyclic) bond motifs is 1. The molecule has 0 aromatic heterocycles. The number of hydrogen-bond donors (Lipinski definition) is 1. The van der Waals surface area contributed by atoms with Gasteiger partial charge < -0.3 is 19.7 Å². The highest BCUT2D eigenvalue weighted by atomic mass is 16.7. The molecule has 3 rings (SSSR count). The number of carbonyl (C=O) groups excluding carboxylic acids is 1. The Labute approximate surface area is 140 Å². The number of hydrogen-bond acceptors (Lipinski definition) is 4. The van der Waals surface area contributed by atoms with Gasteiger partial charge in [0, 0.05) is 32.0 Å². The van der Waals surface area contributed by atoms with Gasteiger partial charge in [0.1, 0.15) is 0 Å². The first-order valence-electron chi connectivity index (χ1n) is 9.25. The van der Waals surface area contributed by atoms with Gasteiger partial charge in [0.2, 0.25) is 5.91 Å². The van der Waals surface area contributed by atoms with Crippen molar-refractivity contribution in [3.8, 4) is 0 Å². The lowest BCUT2D eigenvalue weighted by Crippen LogP contribution is -2.55. The Hall–Kier alpha value is -0.650. The molecule has 0 radical (unpaired) electrons. The van der Waals surface area contributed by atoms with Crippen molar-refractivity contribution in [1.82, 2.24) is 10.2 Å². The molecule has 1 aliphatic carbocycles. The summed E-state index contributed by atoms with van der Waals surface area (Å²) in [6.45, 7) is 7.48. The second-order valence-corrected chi connectivity index (χ2v) is 8.02. The number of likely N-dealkylation sites (tertiary alicyclic amines) is 1. The summed E-state index contributed by atoms with van der Waals surface area (Å²) >= 11 is 0. The van der Waals surface area contributed by atoms with E-state index < -0.39 is 0 Å². The number of carbonyl (C=O) groups is 1. The Morgan fingerprint density at radius 2 is 2.09 bits per heavy atom. The predicted octanol–water partition coefficient (Wildman–Crippen LogP) is 2.01. The minimum Gasteiger partial charge on any atom is -0.356 e. The highest BCUT2D eigenvalue weighted by Gasteiger charge is 2.49. The van der Waals surface area contributed by atoms with Crippen LogP contribution in [-0.4, -0.2) is 56.0 Å². The molecule has 3 atom stereocenters. The lowest BCUT2D eigenvalue weighted by molar-refractivity contribution is -0.202. The minimum atomic E-state index is -0.349. The standard InChI is InChI=1S/C18H32N2O3/c1-13(2)5-7-19-17(21)15-10-14-11-18(22-8-9-23-18)6-4-16(14)20(3)12-15/h13-16H,4-12H2,1-3H3,(H,19,21)/t14-,15-,16-/m1/s1. The molecular weight excluding hydrogens is 292 g/mol. The number of nitrogens with one attached hydrogen (secondary N) is 1. The maximum atomic E-state index is 12.5. The van der Waals surface area contributed by atoms with Crippen molar-refractivity contribution in [2.45, 2.75) is 57.8 Å². The maximum absolute atomic E-state index is 12.5. The van der Waals surface area contributed by atoms with E-state index >= 15 is 0 Å². The van der Waals surface area contributed by atoms with Crippen LogP contribution < -0.4 is 5.32 Å². The molecule has 0 bridgehead atoms. The van der Waals surface area contributed by atoms with Crippen LogP contribution in [0.25, 0.3) is 0 Å². The third-order valence-electron chi connectivity index (χ3n) is 5.81. The van der Waals surface area contributed by atoms with Gasteiger partial charge in [0.25, 0.3) is 0 Å². The molecule has 1 N–H and O–H groups in total. The van der Waals surface area contributed by atoms with Crippen molar-refractivity contribution >= 4 is 5.91 Å². The monoisotopic (exact) mass is 324 g/mol. The van der Waals surface area contributed by atoms with Crippen molar-refractivity contribution in [2.24, 2.45) is 17.8 Å². The van der Waals surface area contributed by atoms with Gasteiger partial charge >= 0.3 is 0 Å². The highest BCUT2D eigenvalue weighted by molar-refractivity contribution is 5.79. The van der Waals surface area contributed by atoms with E-state index in [0.29, 0.717) is 31.1 Å². The van der Waals surface area contributed by atoms with Crippen LogP contribution in [-0.2, 0) is 14.3 Å². The summed E-state index contributed by atoms with van der Waals surface area (Å²) in [4.78, 5) is 14.9. The van der Waals surface area contributed by atoms with Gasteiger partial charge in [-0.1, -0.05) is 13.8 Å². The van der Waals surface area contributed by atoms with Crippen molar-refractivity contribution in [3.63, 3.8) is 0 Å². The topological polar surface area (TPSA) is 50.8 Å². The molecule has 5 nitrogen and oxygen atoms in total. The molecule has 23 heavy (non-hydrogen) atoms. The molecular formula is C18H32N2O3. The van der Waals surface area contributed by atoms with E-state index in [1.54, 1.807) is 0 Å². The zero-order valence-corrected chi connectivity index (χ0v) is 14.8. The average molecular weight is 324 g/mol. The molecule has 1 saturated carbocycles. The Bertz CT molecular complexity index is 420. The SMILES string of the molecule is CC(C)CCNC(=O)[C@@H]1C[C@@H]2CC3(CC[C@H]2N(C)C1)OCCO3. The fourth-order valence-corrected chi connectivity index (χ4v) is 4.56. The zero-order valence-electron chi connectivity index (χ0n) is 14.8. The summed E-state index contributed by atoms with van der Waals surface area (Å²) in [5, 5.41) is 3.13. The summed E-state index contributed by atoms with van der Waals surface area (Å²) < 4.78 is 11.8. The van der Waals surface area contributed by atoms with Crippen LogP contribution in [0, 0.1) is 17.8 Å². The molecule has 132 valence electrons. The molecule has 1 amide bonds. The molecule has 2 heterocycles. The van der Waals surface area contributed by atoms with E-state index in [2.05, 4.69) is 31.1 Å².